The molecule has 2 saturated heterocycles. The van der Waals surface area contributed by atoms with Crippen molar-refractivity contribution >= 4 is 11.6 Å². The standard InChI is InChI=1S/C24H30FN3O3/c1-30-21-9-10-22(23(16-21)31-2)24(29)28-11-3-4-20(17-28)27-14-12-26(13-15-27)19-7-5-18(25)6-8-19/h5-10,16,20H,3-4,11-15,17H2,1-2H3. The van der Waals surface area contributed by atoms with Crippen molar-refractivity contribution < 1.29 is 18.7 Å². The molecule has 1 unspecified atom stereocenters. The Labute approximate surface area is 183 Å². The molecule has 0 aromatic heterocycles. The predicted molar refractivity (Wildman–Crippen MR) is 119 cm³/mol. The molecule has 2 aliphatic rings. The molecule has 166 valence electrons. The predicted octanol–water partition coefficient (Wildman–Crippen LogP) is 3.27. The summed E-state index contributed by atoms with van der Waals surface area (Å²) in [5.41, 5.74) is 1.64. The molecule has 0 aliphatic carbocycles. The van der Waals surface area contributed by atoms with Gasteiger partial charge in [-0.2, -0.15) is 0 Å². The van der Waals surface area contributed by atoms with Gasteiger partial charge in [-0.3, -0.25) is 9.69 Å². The van der Waals surface area contributed by atoms with Gasteiger partial charge in [0, 0.05) is 57.1 Å². The molecule has 2 fully saturated rings. The van der Waals surface area contributed by atoms with E-state index in [1.165, 1.54) is 12.1 Å². The first-order chi connectivity index (χ1) is 15.1. The molecule has 2 aromatic rings. The van der Waals surface area contributed by atoms with Crippen LogP contribution in [0.15, 0.2) is 42.5 Å². The molecular formula is C24H30FN3O3. The number of ether oxygens (including phenoxy) is 2. The lowest BCUT2D eigenvalue weighted by Crippen LogP contribution is -2.55. The minimum atomic E-state index is -0.206. The summed E-state index contributed by atoms with van der Waals surface area (Å²) in [7, 11) is 3.17. The Morgan fingerprint density at radius 2 is 1.71 bits per heavy atom. The summed E-state index contributed by atoms with van der Waals surface area (Å²) in [6, 6.07) is 12.4. The van der Waals surface area contributed by atoms with Gasteiger partial charge in [-0.25, -0.2) is 4.39 Å². The highest BCUT2D eigenvalue weighted by Gasteiger charge is 2.31. The smallest absolute Gasteiger partial charge is 0.257 e. The van der Waals surface area contributed by atoms with E-state index in [9.17, 15) is 9.18 Å². The molecule has 31 heavy (non-hydrogen) atoms. The highest BCUT2D eigenvalue weighted by Crippen LogP contribution is 2.28. The van der Waals surface area contributed by atoms with Gasteiger partial charge < -0.3 is 19.3 Å². The number of rotatable bonds is 5. The fourth-order valence-electron chi connectivity index (χ4n) is 4.58. The van der Waals surface area contributed by atoms with Crippen molar-refractivity contribution in [3.05, 3.63) is 53.8 Å². The molecule has 0 N–H and O–H groups in total. The first kappa shape index (κ1) is 21.4. The van der Waals surface area contributed by atoms with Gasteiger partial charge >= 0.3 is 0 Å². The van der Waals surface area contributed by atoms with Crippen molar-refractivity contribution in [3.8, 4) is 11.5 Å². The van der Waals surface area contributed by atoms with E-state index in [4.69, 9.17) is 9.47 Å². The molecule has 0 saturated carbocycles. The van der Waals surface area contributed by atoms with Crippen LogP contribution >= 0.6 is 0 Å². The summed E-state index contributed by atoms with van der Waals surface area (Å²) in [5.74, 6) is 1.01. The number of carbonyl (C=O) groups excluding carboxylic acids is 1. The van der Waals surface area contributed by atoms with Crippen molar-refractivity contribution in [1.82, 2.24) is 9.80 Å². The number of benzene rings is 2. The number of hydrogen-bond donors (Lipinski definition) is 0. The topological polar surface area (TPSA) is 45.2 Å². The van der Waals surface area contributed by atoms with Gasteiger partial charge in [-0.15, -0.1) is 0 Å². The lowest BCUT2D eigenvalue weighted by atomic mass is 10.0. The molecular weight excluding hydrogens is 397 g/mol. The number of carbonyl (C=O) groups is 1. The van der Waals surface area contributed by atoms with Crippen molar-refractivity contribution in [2.75, 3.05) is 58.4 Å². The van der Waals surface area contributed by atoms with E-state index in [1.54, 1.807) is 32.4 Å². The molecule has 6 nitrogen and oxygen atoms in total. The number of methoxy groups -OCH3 is 2. The molecule has 1 amide bonds. The summed E-state index contributed by atoms with van der Waals surface area (Å²) in [4.78, 5) is 20.0. The largest absolute Gasteiger partial charge is 0.497 e. The van der Waals surface area contributed by atoms with E-state index in [2.05, 4.69) is 9.80 Å². The van der Waals surface area contributed by atoms with Crippen LogP contribution < -0.4 is 14.4 Å². The highest BCUT2D eigenvalue weighted by molar-refractivity contribution is 5.97. The van der Waals surface area contributed by atoms with Crippen molar-refractivity contribution in [2.24, 2.45) is 0 Å². The van der Waals surface area contributed by atoms with E-state index in [0.717, 1.165) is 57.8 Å². The maximum Gasteiger partial charge on any atom is 0.257 e. The second-order valence-electron chi connectivity index (χ2n) is 8.11. The SMILES string of the molecule is COc1ccc(C(=O)N2CCCC(N3CCN(c4ccc(F)cc4)CC3)C2)c(OC)c1. The Hall–Kier alpha value is -2.80. The first-order valence-corrected chi connectivity index (χ1v) is 10.8. The molecule has 2 aromatic carbocycles. The fourth-order valence-corrected chi connectivity index (χ4v) is 4.58. The van der Waals surface area contributed by atoms with Crippen LogP contribution in [0.25, 0.3) is 0 Å². The van der Waals surface area contributed by atoms with Crippen molar-refractivity contribution in [2.45, 2.75) is 18.9 Å². The van der Waals surface area contributed by atoms with Crippen LogP contribution in [0, 0.1) is 5.82 Å². The number of likely N-dealkylation sites (tertiary alicyclic amines) is 1. The van der Waals surface area contributed by atoms with Crippen LogP contribution in [0.1, 0.15) is 23.2 Å². The summed E-state index contributed by atoms with van der Waals surface area (Å²) in [6.07, 6.45) is 2.09. The van der Waals surface area contributed by atoms with Crippen LogP contribution in [0.4, 0.5) is 10.1 Å². The van der Waals surface area contributed by atoms with Crippen molar-refractivity contribution in [3.63, 3.8) is 0 Å². The normalized spacial score (nSPS) is 19.9. The summed E-state index contributed by atoms with van der Waals surface area (Å²) >= 11 is 0. The quantitative estimate of drug-likeness (QED) is 0.733. The summed E-state index contributed by atoms with van der Waals surface area (Å²) in [6.45, 7) is 5.18. The minimum Gasteiger partial charge on any atom is -0.497 e. The Bertz CT molecular complexity index is 897. The van der Waals surface area contributed by atoms with Crippen molar-refractivity contribution in [1.29, 1.82) is 0 Å². The molecule has 0 spiro atoms. The second-order valence-corrected chi connectivity index (χ2v) is 8.11. The number of hydrogen-bond acceptors (Lipinski definition) is 5. The zero-order chi connectivity index (χ0) is 21.8. The van der Waals surface area contributed by atoms with Gasteiger partial charge in [-0.05, 0) is 49.2 Å². The van der Waals surface area contributed by atoms with Gasteiger partial charge in [0.2, 0.25) is 0 Å². The van der Waals surface area contributed by atoms with Gasteiger partial charge in [0.15, 0.2) is 0 Å². The molecule has 7 heteroatoms. The summed E-state index contributed by atoms with van der Waals surface area (Å²) in [5, 5.41) is 0. The lowest BCUT2D eigenvalue weighted by Gasteiger charge is -2.44. The Morgan fingerprint density at radius 1 is 0.968 bits per heavy atom. The number of amides is 1. The number of nitrogens with zero attached hydrogens (tertiary/aromatic N) is 3. The second kappa shape index (κ2) is 9.56. The van der Waals surface area contributed by atoms with E-state index >= 15 is 0 Å². The third-order valence-electron chi connectivity index (χ3n) is 6.35. The van der Waals surface area contributed by atoms with E-state index in [1.807, 2.05) is 17.0 Å². The average molecular weight is 428 g/mol. The first-order valence-electron chi connectivity index (χ1n) is 10.8. The van der Waals surface area contributed by atoms with Gasteiger partial charge in [0.05, 0.1) is 19.8 Å². The van der Waals surface area contributed by atoms with Crippen LogP contribution in [0.5, 0.6) is 11.5 Å². The lowest BCUT2D eigenvalue weighted by molar-refractivity contribution is 0.0560. The van der Waals surface area contributed by atoms with E-state index in [-0.39, 0.29) is 11.7 Å². The molecule has 0 radical (unpaired) electrons. The summed E-state index contributed by atoms with van der Waals surface area (Å²) < 4.78 is 23.9. The number of piperidine rings is 1. The third-order valence-corrected chi connectivity index (χ3v) is 6.35. The van der Waals surface area contributed by atoms with Crippen LogP contribution in [0.3, 0.4) is 0 Å². The molecule has 4 rings (SSSR count). The zero-order valence-electron chi connectivity index (χ0n) is 18.2. The molecule has 2 aliphatic heterocycles. The molecule has 0 bridgehead atoms. The Morgan fingerprint density at radius 3 is 2.39 bits per heavy atom. The Balaban J connectivity index is 1.38. The molecule has 1 atom stereocenters. The van der Waals surface area contributed by atoms with Gasteiger partial charge in [0.1, 0.15) is 17.3 Å². The Kier molecular flexibility index (Phi) is 6.61. The van der Waals surface area contributed by atoms with Gasteiger partial charge in [-0.1, -0.05) is 0 Å². The minimum absolute atomic E-state index is 0.00847. The number of halogens is 1. The highest BCUT2D eigenvalue weighted by atomic mass is 19.1. The van der Waals surface area contributed by atoms with Crippen LogP contribution in [-0.4, -0.2) is 75.2 Å². The molecule has 2 heterocycles. The monoisotopic (exact) mass is 427 g/mol. The fraction of sp³-hybridized carbons (Fsp3) is 0.458. The van der Waals surface area contributed by atoms with Crippen LogP contribution in [-0.2, 0) is 0 Å². The number of anilines is 1. The van der Waals surface area contributed by atoms with E-state index < -0.39 is 0 Å². The van der Waals surface area contributed by atoms with Crippen LogP contribution in [0.2, 0.25) is 0 Å². The van der Waals surface area contributed by atoms with E-state index in [0.29, 0.717) is 23.1 Å². The maximum atomic E-state index is 13.2. The average Bonchev–Trinajstić information content (AvgIpc) is 2.84. The van der Waals surface area contributed by atoms with Gasteiger partial charge in [0.25, 0.3) is 5.91 Å². The third kappa shape index (κ3) is 4.77. The maximum absolute atomic E-state index is 13.2. The number of piperazine rings is 1. The zero-order valence-corrected chi connectivity index (χ0v) is 18.2.